The number of carbonyl (C=O) groups is 1. The van der Waals surface area contributed by atoms with Crippen molar-refractivity contribution in [2.24, 2.45) is 0 Å². The summed E-state index contributed by atoms with van der Waals surface area (Å²) >= 11 is 0. The van der Waals surface area contributed by atoms with E-state index in [1.54, 1.807) is 12.1 Å². The second kappa shape index (κ2) is 10.5. The number of nitrogens with one attached hydrogen (secondary N) is 2. The Morgan fingerprint density at radius 2 is 1.45 bits per heavy atom. The molecule has 2 N–H and O–H groups in total. The van der Waals surface area contributed by atoms with Gasteiger partial charge in [0.2, 0.25) is 0 Å². The molecule has 0 aliphatic carbocycles. The summed E-state index contributed by atoms with van der Waals surface area (Å²) in [6, 6.07) is 25.3. The van der Waals surface area contributed by atoms with E-state index in [-0.39, 0.29) is 5.91 Å². The van der Waals surface area contributed by atoms with Crippen LogP contribution >= 0.6 is 0 Å². The van der Waals surface area contributed by atoms with Gasteiger partial charge in [0.05, 0.1) is 0 Å². The maximum absolute atomic E-state index is 12.4. The smallest absolute Gasteiger partial charge is 0.251 e. The molecule has 0 radical (unpaired) electrons. The summed E-state index contributed by atoms with van der Waals surface area (Å²) in [6.45, 7) is 3.52. The lowest BCUT2D eigenvalue weighted by molar-refractivity contribution is 0.0955. The number of ether oxygens (including phenoxy) is 1. The van der Waals surface area contributed by atoms with Crippen LogP contribution in [0.5, 0.6) is 11.5 Å². The highest BCUT2D eigenvalue weighted by molar-refractivity contribution is 5.94. The minimum absolute atomic E-state index is 0.0893. The first-order valence-corrected chi connectivity index (χ1v) is 11.0. The van der Waals surface area contributed by atoms with Gasteiger partial charge >= 0.3 is 0 Å². The number of piperidine rings is 1. The van der Waals surface area contributed by atoms with Crippen LogP contribution < -0.4 is 20.3 Å². The van der Waals surface area contributed by atoms with Crippen LogP contribution in [0.25, 0.3) is 0 Å². The van der Waals surface area contributed by atoms with Crippen molar-refractivity contribution < 1.29 is 9.53 Å². The number of hydrogen-bond acceptors (Lipinski definition) is 4. The maximum atomic E-state index is 12.4. The van der Waals surface area contributed by atoms with Gasteiger partial charge in [-0.15, -0.1) is 0 Å². The molecule has 4 rings (SSSR count). The highest BCUT2D eigenvalue weighted by atomic mass is 16.5. The lowest BCUT2D eigenvalue weighted by Crippen LogP contribution is -2.29. The van der Waals surface area contributed by atoms with Gasteiger partial charge in [0.15, 0.2) is 0 Å². The molecule has 3 aromatic carbocycles. The first kappa shape index (κ1) is 20.8. The van der Waals surface area contributed by atoms with Crippen LogP contribution in [0.4, 0.5) is 11.4 Å². The first-order valence-electron chi connectivity index (χ1n) is 11.0. The molecule has 3 aromatic rings. The molecular formula is C26H29N3O2. The van der Waals surface area contributed by atoms with E-state index in [9.17, 15) is 4.79 Å². The third-order valence-corrected chi connectivity index (χ3v) is 5.42. The van der Waals surface area contributed by atoms with E-state index in [1.165, 1.54) is 24.9 Å². The lowest BCUT2D eigenvalue weighted by atomic mass is 10.1. The van der Waals surface area contributed by atoms with Crippen LogP contribution in [0.3, 0.4) is 0 Å². The molecule has 0 atom stereocenters. The van der Waals surface area contributed by atoms with Gasteiger partial charge in [0.1, 0.15) is 11.5 Å². The van der Waals surface area contributed by atoms with Crippen molar-refractivity contribution >= 4 is 17.3 Å². The van der Waals surface area contributed by atoms with Crippen molar-refractivity contribution in [3.05, 3.63) is 84.4 Å². The van der Waals surface area contributed by atoms with E-state index in [0.717, 1.165) is 24.5 Å². The van der Waals surface area contributed by atoms with Crippen LogP contribution in [0.2, 0.25) is 0 Å². The Bertz CT molecular complexity index is 950. The van der Waals surface area contributed by atoms with Gasteiger partial charge in [-0.05, 0) is 79.9 Å². The molecule has 0 saturated carbocycles. The topological polar surface area (TPSA) is 53.6 Å². The summed E-state index contributed by atoms with van der Waals surface area (Å²) in [5, 5.41) is 6.32. The Labute approximate surface area is 184 Å². The zero-order valence-corrected chi connectivity index (χ0v) is 17.7. The summed E-state index contributed by atoms with van der Waals surface area (Å²) in [4.78, 5) is 14.8. The zero-order valence-electron chi connectivity index (χ0n) is 17.7. The van der Waals surface area contributed by atoms with Crippen LogP contribution in [-0.2, 0) is 0 Å². The zero-order chi connectivity index (χ0) is 21.3. The first-order chi connectivity index (χ1) is 15.3. The molecular weight excluding hydrogens is 386 g/mol. The molecule has 160 valence electrons. The molecule has 1 aliphatic rings. The molecule has 1 saturated heterocycles. The number of benzene rings is 3. The minimum atomic E-state index is -0.0893. The normalized spacial score (nSPS) is 13.5. The Morgan fingerprint density at radius 3 is 2.16 bits per heavy atom. The third-order valence-electron chi connectivity index (χ3n) is 5.42. The number of nitrogens with zero attached hydrogens (tertiary/aromatic N) is 1. The van der Waals surface area contributed by atoms with Crippen LogP contribution in [0.1, 0.15) is 29.6 Å². The molecule has 1 fully saturated rings. The average molecular weight is 416 g/mol. The number of amides is 1. The fourth-order valence-electron chi connectivity index (χ4n) is 3.73. The van der Waals surface area contributed by atoms with Crippen molar-refractivity contribution in [3.63, 3.8) is 0 Å². The van der Waals surface area contributed by atoms with E-state index >= 15 is 0 Å². The summed E-state index contributed by atoms with van der Waals surface area (Å²) in [6.07, 6.45) is 3.90. The van der Waals surface area contributed by atoms with Gasteiger partial charge < -0.3 is 20.3 Å². The van der Waals surface area contributed by atoms with E-state index in [0.29, 0.717) is 24.4 Å². The van der Waals surface area contributed by atoms with Crippen LogP contribution in [-0.4, -0.2) is 32.1 Å². The molecule has 1 heterocycles. The standard InChI is InChI=1S/C26H29N3O2/c30-26(21-9-15-25(16-10-21)31-24-7-3-1-4-8-24)28-18-17-27-22-11-13-23(14-12-22)29-19-5-2-6-20-29/h1,3-4,7-16,27H,2,5-6,17-20H2,(H,28,30). The van der Waals surface area contributed by atoms with Gasteiger partial charge in [-0.2, -0.15) is 0 Å². The van der Waals surface area contributed by atoms with Crippen molar-refractivity contribution in [2.75, 3.05) is 36.4 Å². The molecule has 1 aliphatic heterocycles. The average Bonchev–Trinajstić information content (AvgIpc) is 2.84. The SMILES string of the molecule is O=C(NCCNc1ccc(N2CCCCC2)cc1)c1ccc(Oc2ccccc2)cc1. The second-order valence-electron chi connectivity index (χ2n) is 7.72. The molecule has 0 unspecified atom stereocenters. The minimum Gasteiger partial charge on any atom is -0.457 e. The van der Waals surface area contributed by atoms with Crippen molar-refractivity contribution in [3.8, 4) is 11.5 Å². The van der Waals surface area contributed by atoms with Gasteiger partial charge in [-0.1, -0.05) is 18.2 Å². The Balaban J connectivity index is 1.19. The van der Waals surface area contributed by atoms with Crippen LogP contribution in [0.15, 0.2) is 78.9 Å². The number of hydrogen-bond donors (Lipinski definition) is 2. The van der Waals surface area contributed by atoms with Gasteiger partial charge in [-0.25, -0.2) is 0 Å². The van der Waals surface area contributed by atoms with Crippen molar-refractivity contribution in [2.45, 2.75) is 19.3 Å². The van der Waals surface area contributed by atoms with E-state index in [1.807, 2.05) is 42.5 Å². The molecule has 0 aromatic heterocycles. The summed E-state index contributed by atoms with van der Waals surface area (Å²) in [7, 11) is 0. The van der Waals surface area contributed by atoms with Gasteiger partial charge in [-0.3, -0.25) is 4.79 Å². The van der Waals surface area contributed by atoms with Gasteiger partial charge in [0.25, 0.3) is 5.91 Å². The summed E-state index contributed by atoms with van der Waals surface area (Å²) < 4.78 is 5.76. The highest BCUT2D eigenvalue weighted by Gasteiger charge is 2.10. The van der Waals surface area contributed by atoms with Crippen LogP contribution in [0, 0.1) is 0 Å². The predicted molar refractivity (Wildman–Crippen MR) is 126 cm³/mol. The molecule has 5 nitrogen and oxygen atoms in total. The Hall–Kier alpha value is -3.47. The fraction of sp³-hybridized carbons (Fsp3) is 0.269. The largest absolute Gasteiger partial charge is 0.457 e. The van der Waals surface area contributed by atoms with E-state index in [2.05, 4.69) is 39.8 Å². The summed E-state index contributed by atoms with van der Waals surface area (Å²) in [5.41, 5.74) is 2.97. The molecule has 0 bridgehead atoms. The monoisotopic (exact) mass is 415 g/mol. The van der Waals surface area contributed by atoms with Crippen molar-refractivity contribution in [1.82, 2.24) is 5.32 Å². The molecule has 0 spiro atoms. The molecule has 5 heteroatoms. The highest BCUT2D eigenvalue weighted by Crippen LogP contribution is 2.22. The van der Waals surface area contributed by atoms with E-state index in [4.69, 9.17) is 4.74 Å². The third kappa shape index (κ3) is 6.01. The van der Waals surface area contributed by atoms with Crippen molar-refractivity contribution in [1.29, 1.82) is 0 Å². The number of carbonyl (C=O) groups excluding carboxylic acids is 1. The number of anilines is 2. The lowest BCUT2D eigenvalue weighted by Gasteiger charge is -2.28. The fourth-order valence-corrected chi connectivity index (χ4v) is 3.73. The number of para-hydroxylation sites is 1. The quantitative estimate of drug-likeness (QED) is 0.490. The molecule has 31 heavy (non-hydrogen) atoms. The Kier molecular flexibility index (Phi) is 7.06. The maximum Gasteiger partial charge on any atom is 0.251 e. The molecule has 1 amide bonds. The second-order valence-corrected chi connectivity index (χ2v) is 7.72. The predicted octanol–water partition coefficient (Wildman–Crippen LogP) is 5.31. The summed E-state index contributed by atoms with van der Waals surface area (Å²) in [5.74, 6) is 1.39. The number of rotatable bonds is 8. The Morgan fingerprint density at radius 1 is 0.774 bits per heavy atom. The van der Waals surface area contributed by atoms with E-state index < -0.39 is 0 Å². The van der Waals surface area contributed by atoms with Gasteiger partial charge in [0, 0.05) is 43.1 Å².